The van der Waals surface area contributed by atoms with Crippen LogP contribution >= 0.6 is 0 Å². The fourth-order valence-corrected chi connectivity index (χ4v) is 2.40. The minimum absolute atomic E-state index is 0.122. The smallest absolute Gasteiger partial charge is 0.310 e. The van der Waals surface area contributed by atoms with Crippen molar-refractivity contribution >= 4 is 18.0 Å². The van der Waals surface area contributed by atoms with Crippen molar-refractivity contribution in [2.45, 2.75) is 33.6 Å². The molecule has 0 heterocycles. The average Bonchev–Trinajstić information content (AvgIpc) is 2.63. The highest BCUT2D eigenvalue weighted by atomic mass is 16.5. The van der Waals surface area contributed by atoms with Crippen LogP contribution in [0, 0.1) is 5.92 Å². The number of methoxy groups -OCH3 is 1. The third-order valence-corrected chi connectivity index (χ3v) is 3.69. The van der Waals surface area contributed by atoms with Crippen LogP contribution in [-0.2, 0) is 14.3 Å². The number of hydrogen-bond donors (Lipinski definition) is 0. The van der Waals surface area contributed by atoms with Gasteiger partial charge in [0.2, 0.25) is 5.91 Å². The first-order valence-corrected chi connectivity index (χ1v) is 8.80. The fraction of sp³-hybridized carbons (Fsp3) is 0.500. The zero-order valence-corrected chi connectivity index (χ0v) is 15.7. The standard InChI is InChI=1S/C20H29NO4/c1-5-13-21(15-16(3)20(23)24-4)19(22)12-11-17-9-7-8-10-18(17)25-14-6-2/h7-12,16H,5-6,13-15H2,1-4H3/b12-11+. The molecule has 0 aliphatic rings. The molecular formula is C20H29NO4. The zero-order valence-electron chi connectivity index (χ0n) is 15.7. The van der Waals surface area contributed by atoms with Crippen molar-refractivity contribution in [1.82, 2.24) is 4.90 Å². The predicted molar refractivity (Wildman–Crippen MR) is 99.3 cm³/mol. The molecule has 0 saturated carbocycles. The summed E-state index contributed by atoms with van der Waals surface area (Å²) >= 11 is 0. The first-order valence-electron chi connectivity index (χ1n) is 8.80. The molecule has 0 spiro atoms. The minimum Gasteiger partial charge on any atom is -0.493 e. The second kappa shape index (κ2) is 11.3. The molecule has 5 nitrogen and oxygen atoms in total. The summed E-state index contributed by atoms with van der Waals surface area (Å²) in [5.41, 5.74) is 0.863. The highest BCUT2D eigenvalue weighted by Crippen LogP contribution is 2.20. The Kier molecular flexibility index (Phi) is 9.37. The van der Waals surface area contributed by atoms with Crippen LogP contribution in [0.3, 0.4) is 0 Å². The lowest BCUT2D eigenvalue weighted by molar-refractivity contribution is -0.146. The Balaban J connectivity index is 2.82. The van der Waals surface area contributed by atoms with Gasteiger partial charge < -0.3 is 14.4 Å². The van der Waals surface area contributed by atoms with Crippen LogP contribution in [0.2, 0.25) is 0 Å². The number of benzene rings is 1. The summed E-state index contributed by atoms with van der Waals surface area (Å²) in [6, 6.07) is 7.62. The van der Waals surface area contributed by atoms with Crippen LogP contribution in [-0.4, -0.2) is 43.6 Å². The van der Waals surface area contributed by atoms with Crippen LogP contribution < -0.4 is 4.74 Å². The molecule has 0 fully saturated rings. The van der Waals surface area contributed by atoms with Crippen LogP contribution in [0.15, 0.2) is 30.3 Å². The van der Waals surface area contributed by atoms with Gasteiger partial charge in [-0.25, -0.2) is 0 Å². The number of rotatable bonds is 10. The van der Waals surface area contributed by atoms with Crippen molar-refractivity contribution in [1.29, 1.82) is 0 Å². The van der Waals surface area contributed by atoms with Gasteiger partial charge in [0.15, 0.2) is 0 Å². The van der Waals surface area contributed by atoms with E-state index in [0.29, 0.717) is 19.7 Å². The summed E-state index contributed by atoms with van der Waals surface area (Å²) in [6.07, 6.45) is 5.04. The largest absolute Gasteiger partial charge is 0.493 e. The van der Waals surface area contributed by atoms with Crippen molar-refractivity contribution in [3.8, 4) is 5.75 Å². The molecule has 0 radical (unpaired) electrons. The monoisotopic (exact) mass is 347 g/mol. The van der Waals surface area contributed by atoms with Crippen molar-refractivity contribution in [3.05, 3.63) is 35.9 Å². The molecule has 0 saturated heterocycles. The molecule has 0 aliphatic heterocycles. The number of hydrogen-bond acceptors (Lipinski definition) is 4. The molecule has 0 bridgehead atoms. The second-order valence-corrected chi connectivity index (χ2v) is 5.93. The van der Waals surface area contributed by atoms with E-state index >= 15 is 0 Å². The van der Waals surface area contributed by atoms with E-state index in [0.717, 1.165) is 24.2 Å². The predicted octanol–water partition coefficient (Wildman–Crippen LogP) is 3.54. The Bertz CT molecular complexity index is 583. The van der Waals surface area contributed by atoms with Gasteiger partial charge in [-0.3, -0.25) is 9.59 Å². The minimum atomic E-state index is -0.353. The maximum Gasteiger partial charge on any atom is 0.310 e. The lowest BCUT2D eigenvalue weighted by Gasteiger charge is -2.23. The van der Waals surface area contributed by atoms with Gasteiger partial charge in [0, 0.05) is 24.7 Å². The molecule has 1 atom stereocenters. The van der Waals surface area contributed by atoms with Gasteiger partial charge in [0.25, 0.3) is 0 Å². The molecule has 1 rings (SSSR count). The van der Waals surface area contributed by atoms with E-state index in [1.54, 1.807) is 17.9 Å². The molecule has 1 unspecified atom stereocenters. The number of carbonyl (C=O) groups is 2. The van der Waals surface area contributed by atoms with E-state index < -0.39 is 0 Å². The van der Waals surface area contributed by atoms with Crippen LogP contribution in [0.4, 0.5) is 0 Å². The number of carbonyl (C=O) groups excluding carboxylic acids is 2. The highest BCUT2D eigenvalue weighted by Gasteiger charge is 2.19. The Labute approximate surface area is 150 Å². The van der Waals surface area contributed by atoms with Gasteiger partial charge in [-0.15, -0.1) is 0 Å². The SMILES string of the molecule is CCCOc1ccccc1/C=C/C(=O)N(CCC)CC(C)C(=O)OC. The second-order valence-electron chi connectivity index (χ2n) is 5.93. The van der Waals surface area contributed by atoms with Crippen molar-refractivity contribution in [3.63, 3.8) is 0 Å². The molecule has 1 amide bonds. The van der Waals surface area contributed by atoms with E-state index in [1.807, 2.05) is 38.1 Å². The van der Waals surface area contributed by atoms with E-state index in [-0.39, 0.29) is 17.8 Å². The molecule has 1 aromatic carbocycles. The molecule has 1 aromatic rings. The summed E-state index contributed by atoms with van der Waals surface area (Å²) in [6.45, 7) is 7.39. The molecule has 25 heavy (non-hydrogen) atoms. The van der Waals surface area contributed by atoms with E-state index in [1.165, 1.54) is 13.2 Å². The Morgan fingerprint density at radius 1 is 1.20 bits per heavy atom. The molecular weight excluding hydrogens is 318 g/mol. The van der Waals surface area contributed by atoms with Crippen molar-refractivity contribution in [2.24, 2.45) is 5.92 Å². The van der Waals surface area contributed by atoms with Crippen LogP contribution in [0.1, 0.15) is 39.2 Å². The molecule has 0 aromatic heterocycles. The number of amides is 1. The van der Waals surface area contributed by atoms with Crippen molar-refractivity contribution < 1.29 is 19.1 Å². The average molecular weight is 347 g/mol. The lowest BCUT2D eigenvalue weighted by atomic mass is 10.1. The Morgan fingerprint density at radius 3 is 2.56 bits per heavy atom. The summed E-state index contributed by atoms with van der Waals surface area (Å²) in [4.78, 5) is 25.8. The highest BCUT2D eigenvalue weighted by molar-refractivity contribution is 5.92. The molecule has 138 valence electrons. The number of para-hydroxylation sites is 1. The Morgan fingerprint density at radius 2 is 1.92 bits per heavy atom. The Hall–Kier alpha value is -2.30. The zero-order chi connectivity index (χ0) is 18.7. The van der Waals surface area contributed by atoms with Gasteiger partial charge in [-0.05, 0) is 25.0 Å². The van der Waals surface area contributed by atoms with Gasteiger partial charge in [0.1, 0.15) is 5.75 Å². The topological polar surface area (TPSA) is 55.8 Å². The van der Waals surface area contributed by atoms with E-state index in [2.05, 4.69) is 0 Å². The third-order valence-electron chi connectivity index (χ3n) is 3.69. The summed E-state index contributed by atoms with van der Waals surface area (Å²) < 4.78 is 10.4. The van der Waals surface area contributed by atoms with E-state index in [9.17, 15) is 9.59 Å². The normalized spacial score (nSPS) is 12.0. The maximum atomic E-state index is 12.5. The summed E-state index contributed by atoms with van der Waals surface area (Å²) in [7, 11) is 1.36. The molecule has 5 heteroatoms. The molecule has 0 N–H and O–H groups in total. The van der Waals surface area contributed by atoms with Gasteiger partial charge >= 0.3 is 5.97 Å². The first-order chi connectivity index (χ1) is 12.0. The summed E-state index contributed by atoms with van der Waals surface area (Å²) in [5, 5.41) is 0. The summed E-state index contributed by atoms with van der Waals surface area (Å²) in [5.74, 6) is -0.0217. The lowest BCUT2D eigenvalue weighted by Crippen LogP contribution is -2.36. The van der Waals surface area contributed by atoms with Gasteiger partial charge in [-0.1, -0.05) is 39.0 Å². The van der Waals surface area contributed by atoms with Gasteiger partial charge in [0.05, 0.1) is 19.6 Å². The first kappa shape index (κ1) is 20.7. The third kappa shape index (κ3) is 6.99. The van der Waals surface area contributed by atoms with E-state index in [4.69, 9.17) is 9.47 Å². The van der Waals surface area contributed by atoms with Crippen LogP contribution in [0.5, 0.6) is 5.75 Å². The molecule has 0 aliphatic carbocycles. The fourth-order valence-electron chi connectivity index (χ4n) is 2.40. The number of esters is 1. The maximum absolute atomic E-state index is 12.5. The van der Waals surface area contributed by atoms with Crippen LogP contribution in [0.25, 0.3) is 6.08 Å². The van der Waals surface area contributed by atoms with Crippen molar-refractivity contribution in [2.75, 3.05) is 26.8 Å². The quantitative estimate of drug-likeness (QED) is 0.480. The number of ether oxygens (including phenoxy) is 2. The number of nitrogens with zero attached hydrogens (tertiary/aromatic N) is 1. The van der Waals surface area contributed by atoms with Gasteiger partial charge in [-0.2, -0.15) is 0 Å².